The summed E-state index contributed by atoms with van der Waals surface area (Å²) in [7, 11) is 1.18. The van der Waals surface area contributed by atoms with E-state index < -0.39 is 41.1 Å². The van der Waals surface area contributed by atoms with Gasteiger partial charge in [0.25, 0.3) is 0 Å². The first-order valence-electron chi connectivity index (χ1n) is 8.44. The number of esters is 1. The summed E-state index contributed by atoms with van der Waals surface area (Å²) in [6.45, 7) is 11.3. The molecule has 1 aliphatic rings. The molecule has 9 heteroatoms. The monoisotopic (exact) mass is 374 g/mol. The molecule has 9 nitrogen and oxygen atoms in total. The van der Waals surface area contributed by atoms with Crippen LogP contribution >= 0.6 is 0 Å². The third-order valence-electron chi connectivity index (χ3n) is 3.48. The molecule has 2 unspecified atom stereocenters. The molecule has 0 spiro atoms. The maximum atomic E-state index is 12.7. The van der Waals surface area contributed by atoms with Crippen LogP contribution in [0, 0.1) is 0 Å². The first-order chi connectivity index (χ1) is 11.6. The Hall–Kier alpha value is -2.03. The minimum absolute atomic E-state index is 0.0469. The van der Waals surface area contributed by atoms with Gasteiger partial charge in [-0.15, -0.1) is 0 Å². The van der Waals surface area contributed by atoms with Crippen LogP contribution in [0.1, 0.15) is 61.3 Å². The van der Waals surface area contributed by atoms with Gasteiger partial charge < -0.3 is 19.3 Å². The summed E-state index contributed by atoms with van der Waals surface area (Å²) < 4.78 is 15.4. The van der Waals surface area contributed by atoms with Crippen molar-refractivity contribution >= 4 is 18.2 Å². The highest BCUT2D eigenvalue weighted by Gasteiger charge is 2.52. The molecule has 1 N–H and O–H groups in total. The van der Waals surface area contributed by atoms with Gasteiger partial charge in [0.2, 0.25) is 0 Å². The molecule has 0 radical (unpaired) electrons. The van der Waals surface area contributed by atoms with E-state index in [2.05, 4.69) is 0 Å². The minimum atomic E-state index is -1.75. The lowest BCUT2D eigenvalue weighted by molar-refractivity contribution is -0.223. The molecule has 26 heavy (non-hydrogen) atoms. The number of carbonyl (C=O) groups is 3. The highest BCUT2D eigenvalue weighted by atomic mass is 16.6. The van der Waals surface area contributed by atoms with Crippen LogP contribution in [-0.2, 0) is 19.0 Å². The fourth-order valence-electron chi connectivity index (χ4n) is 2.47. The van der Waals surface area contributed by atoms with Crippen LogP contribution in [0.3, 0.4) is 0 Å². The van der Waals surface area contributed by atoms with Gasteiger partial charge in [0.1, 0.15) is 11.2 Å². The lowest BCUT2D eigenvalue weighted by atomic mass is 10.00. The van der Waals surface area contributed by atoms with Crippen molar-refractivity contribution in [1.82, 2.24) is 10.0 Å². The van der Waals surface area contributed by atoms with Crippen LogP contribution in [0.25, 0.3) is 0 Å². The number of methoxy groups -OCH3 is 1. The number of ether oxygens (including phenoxy) is 3. The minimum Gasteiger partial charge on any atom is -0.467 e. The molecule has 0 aliphatic carbocycles. The zero-order valence-corrected chi connectivity index (χ0v) is 16.8. The normalized spacial score (nSPS) is 24.1. The Morgan fingerprint density at radius 1 is 1.00 bits per heavy atom. The number of carbonyl (C=O) groups excluding carboxylic acids is 3. The van der Waals surface area contributed by atoms with Gasteiger partial charge in [-0.05, 0) is 61.3 Å². The topological polar surface area (TPSA) is 106 Å². The Kier molecular flexibility index (Phi) is 6.18. The molecular formula is C17H30N2O7. The van der Waals surface area contributed by atoms with E-state index in [9.17, 15) is 19.5 Å². The van der Waals surface area contributed by atoms with E-state index in [1.807, 2.05) is 0 Å². The standard InChI is InChI=1S/C17H30N2O7/c1-15(2,3)25-13(21)18-11(12(20)24-8)9-10-17(7,23)19(18)14(22)26-16(4,5)6/h11,23H,9-10H2,1-8H3. The van der Waals surface area contributed by atoms with Crippen molar-refractivity contribution in [1.29, 1.82) is 0 Å². The molecule has 1 saturated heterocycles. The number of rotatable bonds is 1. The average Bonchev–Trinajstić information content (AvgIpc) is 2.41. The van der Waals surface area contributed by atoms with Gasteiger partial charge in [0.05, 0.1) is 7.11 Å². The second kappa shape index (κ2) is 7.30. The van der Waals surface area contributed by atoms with E-state index in [0.717, 1.165) is 10.0 Å². The summed E-state index contributed by atoms with van der Waals surface area (Å²) in [5.41, 5.74) is -3.49. The van der Waals surface area contributed by atoms with Crippen molar-refractivity contribution in [2.45, 2.75) is 84.3 Å². The SMILES string of the molecule is COC(=O)C1CCC(C)(O)N(C(=O)OC(C)(C)C)N1C(=O)OC(C)(C)C. The summed E-state index contributed by atoms with van der Waals surface area (Å²) in [4.78, 5) is 37.6. The van der Waals surface area contributed by atoms with E-state index >= 15 is 0 Å². The van der Waals surface area contributed by atoms with Gasteiger partial charge in [0, 0.05) is 0 Å². The molecule has 0 aromatic heterocycles. The predicted octanol–water partition coefficient (Wildman–Crippen LogP) is 2.42. The number of hydrogen-bond acceptors (Lipinski definition) is 7. The quantitative estimate of drug-likeness (QED) is 0.555. The molecular weight excluding hydrogens is 344 g/mol. The van der Waals surface area contributed by atoms with Gasteiger partial charge in [0.15, 0.2) is 11.8 Å². The van der Waals surface area contributed by atoms with Gasteiger partial charge in [-0.1, -0.05) is 0 Å². The van der Waals surface area contributed by atoms with E-state index in [0.29, 0.717) is 0 Å². The van der Waals surface area contributed by atoms with Crippen molar-refractivity contribution in [2.24, 2.45) is 0 Å². The lowest BCUT2D eigenvalue weighted by Crippen LogP contribution is -2.69. The van der Waals surface area contributed by atoms with Crippen molar-refractivity contribution < 1.29 is 33.7 Å². The average molecular weight is 374 g/mol. The first-order valence-corrected chi connectivity index (χ1v) is 8.44. The predicted molar refractivity (Wildman–Crippen MR) is 91.8 cm³/mol. The van der Waals surface area contributed by atoms with Gasteiger partial charge in [-0.3, -0.25) is 0 Å². The third-order valence-corrected chi connectivity index (χ3v) is 3.48. The van der Waals surface area contributed by atoms with Gasteiger partial charge in [-0.2, -0.15) is 10.0 Å². The Morgan fingerprint density at radius 3 is 1.88 bits per heavy atom. The Labute approximate surface area is 154 Å². The molecule has 0 aromatic rings. The maximum absolute atomic E-state index is 12.7. The zero-order chi connectivity index (χ0) is 20.5. The number of amides is 2. The van der Waals surface area contributed by atoms with E-state index in [-0.39, 0.29) is 12.8 Å². The van der Waals surface area contributed by atoms with Crippen LogP contribution in [0.2, 0.25) is 0 Å². The molecule has 1 fully saturated rings. The number of hydrazine groups is 1. The highest BCUT2D eigenvalue weighted by Crippen LogP contribution is 2.33. The Balaban J connectivity index is 3.35. The molecule has 2 amide bonds. The third kappa shape index (κ3) is 5.48. The molecule has 2 atom stereocenters. The van der Waals surface area contributed by atoms with Crippen molar-refractivity contribution in [3.63, 3.8) is 0 Å². The fraction of sp³-hybridized carbons (Fsp3) is 0.824. The summed E-state index contributed by atoms with van der Waals surface area (Å²) >= 11 is 0. The number of hydrogen-bond donors (Lipinski definition) is 1. The highest BCUT2D eigenvalue weighted by molar-refractivity contribution is 5.84. The van der Waals surface area contributed by atoms with Gasteiger partial charge in [-0.25, -0.2) is 14.4 Å². The molecule has 1 aliphatic heterocycles. The number of nitrogens with zero attached hydrogens (tertiary/aromatic N) is 2. The van der Waals surface area contributed by atoms with Crippen molar-refractivity contribution in [3.05, 3.63) is 0 Å². The zero-order valence-electron chi connectivity index (χ0n) is 16.8. The second-order valence-corrected chi connectivity index (χ2v) is 8.41. The van der Waals surface area contributed by atoms with Crippen molar-refractivity contribution in [3.8, 4) is 0 Å². The van der Waals surface area contributed by atoms with Crippen LogP contribution < -0.4 is 0 Å². The first kappa shape index (κ1) is 22.0. The number of aliphatic hydroxyl groups is 1. The molecule has 0 bridgehead atoms. The van der Waals surface area contributed by atoms with Gasteiger partial charge >= 0.3 is 18.2 Å². The smallest absolute Gasteiger partial charge is 0.432 e. The molecule has 0 aromatic carbocycles. The Morgan fingerprint density at radius 2 is 1.46 bits per heavy atom. The van der Waals surface area contributed by atoms with Crippen LogP contribution in [0.4, 0.5) is 9.59 Å². The summed E-state index contributed by atoms with van der Waals surface area (Å²) in [5.74, 6) is -0.722. The van der Waals surface area contributed by atoms with Crippen LogP contribution in [0.5, 0.6) is 0 Å². The second-order valence-electron chi connectivity index (χ2n) is 8.41. The molecule has 1 heterocycles. The lowest BCUT2D eigenvalue weighted by Gasteiger charge is -2.49. The molecule has 1 rings (SSSR count). The molecule has 150 valence electrons. The van der Waals surface area contributed by atoms with E-state index in [1.165, 1.54) is 14.0 Å². The summed E-state index contributed by atoms with van der Waals surface area (Å²) in [5, 5.41) is 12.2. The summed E-state index contributed by atoms with van der Waals surface area (Å²) in [6, 6.07) is -1.12. The fourth-order valence-corrected chi connectivity index (χ4v) is 2.47. The van der Waals surface area contributed by atoms with E-state index in [1.54, 1.807) is 41.5 Å². The largest absolute Gasteiger partial charge is 0.467 e. The van der Waals surface area contributed by atoms with Crippen LogP contribution in [0.15, 0.2) is 0 Å². The van der Waals surface area contributed by atoms with Crippen LogP contribution in [-0.4, -0.2) is 63.4 Å². The van der Waals surface area contributed by atoms with Crippen molar-refractivity contribution in [2.75, 3.05) is 7.11 Å². The van der Waals surface area contributed by atoms with E-state index in [4.69, 9.17) is 14.2 Å². The summed E-state index contributed by atoms with van der Waals surface area (Å²) in [6.07, 6.45) is -1.79. The maximum Gasteiger partial charge on any atom is 0.432 e. The Bertz CT molecular complexity index is 560. The molecule has 0 saturated carbocycles.